The van der Waals surface area contributed by atoms with E-state index < -0.39 is 0 Å². The Kier molecular flexibility index (Phi) is 2.52. The largest absolute Gasteiger partial charge is 0.399 e. The molecule has 0 amide bonds. The molecule has 0 bridgehead atoms. The fourth-order valence-electron chi connectivity index (χ4n) is 2.23. The van der Waals surface area contributed by atoms with E-state index in [0.717, 1.165) is 36.0 Å². The van der Waals surface area contributed by atoms with Crippen LogP contribution in [0.15, 0.2) is 23.6 Å². The summed E-state index contributed by atoms with van der Waals surface area (Å²) in [5.74, 6) is 0. The number of aryl methyl sites for hydroxylation is 1. The predicted molar refractivity (Wildman–Crippen MR) is 72.5 cm³/mol. The molecule has 1 aromatic heterocycles. The number of aromatic nitrogens is 1. The third-order valence-electron chi connectivity index (χ3n) is 3.12. The molecule has 0 aliphatic carbocycles. The number of anilines is 2. The summed E-state index contributed by atoms with van der Waals surface area (Å²) >= 11 is 1.72. The molecule has 0 radical (unpaired) electrons. The molecule has 2 N–H and O–H groups in total. The molecule has 2 aromatic rings. The summed E-state index contributed by atoms with van der Waals surface area (Å²) in [5.41, 5.74) is 10.5. The van der Waals surface area contributed by atoms with E-state index in [0.29, 0.717) is 0 Å². The highest BCUT2D eigenvalue weighted by Crippen LogP contribution is 2.27. The SMILES string of the molecule is Cc1csc(N2CCc3ccc(N)cc3C2)n1. The minimum absolute atomic E-state index is 0.848. The van der Waals surface area contributed by atoms with Crippen LogP contribution in [0, 0.1) is 6.92 Å². The Bertz CT molecular complexity index is 547. The van der Waals surface area contributed by atoms with Gasteiger partial charge in [-0.1, -0.05) is 6.07 Å². The summed E-state index contributed by atoms with van der Waals surface area (Å²) in [5, 5.41) is 3.22. The van der Waals surface area contributed by atoms with Crippen molar-refractivity contribution in [2.24, 2.45) is 0 Å². The number of hydrogen-bond acceptors (Lipinski definition) is 4. The molecule has 0 saturated heterocycles. The first-order valence-corrected chi connectivity index (χ1v) is 6.65. The maximum absolute atomic E-state index is 5.84. The number of nitrogens with two attached hydrogens (primary N) is 1. The van der Waals surface area contributed by atoms with E-state index in [4.69, 9.17) is 5.73 Å². The summed E-state index contributed by atoms with van der Waals surface area (Å²) < 4.78 is 0. The summed E-state index contributed by atoms with van der Waals surface area (Å²) in [6, 6.07) is 6.22. The number of fused-ring (bicyclic) bond motifs is 1. The molecule has 2 heterocycles. The number of nitrogens with zero attached hydrogens (tertiary/aromatic N) is 2. The van der Waals surface area contributed by atoms with Crippen molar-refractivity contribution in [3.8, 4) is 0 Å². The van der Waals surface area contributed by atoms with Crippen LogP contribution in [0.1, 0.15) is 16.8 Å². The quantitative estimate of drug-likeness (QED) is 0.785. The first-order chi connectivity index (χ1) is 8.22. The number of hydrogen-bond donors (Lipinski definition) is 1. The van der Waals surface area contributed by atoms with Gasteiger partial charge in [0.15, 0.2) is 5.13 Å². The molecule has 0 spiro atoms. The molecule has 1 aromatic carbocycles. The van der Waals surface area contributed by atoms with E-state index in [2.05, 4.69) is 27.4 Å². The van der Waals surface area contributed by atoms with Crippen LogP contribution in [-0.2, 0) is 13.0 Å². The highest BCUT2D eigenvalue weighted by atomic mass is 32.1. The van der Waals surface area contributed by atoms with E-state index in [9.17, 15) is 0 Å². The molecular weight excluding hydrogens is 230 g/mol. The van der Waals surface area contributed by atoms with Crippen LogP contribution >= 0.6 is 11.3 Å². The zero-order valence-electron chi connectivity index (χ0n) is 9.81. The van der Waals surface area contributed by atoms with E-state index in [-0.39, 0.29) is 0 Å². The third kappa shape index (κ3) is 2.00. The Hall–Kier alpha value is -1.55. The van der Waals surface area contributed by atoms with Gasteiger partial charge in [0.2, 0.25) is 0 Å². The van der Waals surface area contributed by atoms with Crippen molar-refractivity contribution < 1.29 is 0 Å². The molecular formula is C13H15N3S. The van der Waals surface area contributed by atoms with Crippen LogP contribution in [0.4, 0.5) is 10.8 Å². The topological polar surface area (TPSA) is 42.1 Å². The van der Waals surface area contributed by atoms with Crippen molar-refractivity contribution in [3.63, 3.8) is 0 Å². The van der Waals surface area contributed by atoms with Gasteiger partial charge < -0.3 is 10.6 Å². The van der Waals surface area contributed by atoms with Gasteiger partial charge in [-0.05, 0) is 36.6 Å². The molecule has 4 heteroatoms. The van der Waals surface area contributed by atoms with Gasteiger partial charge in [0.25, 0.3) is 0 Å². The molecule has 1 aliphatic heterocycles. The zero-order valence-corrected chi connectivity index (χ0v) is 10.6. The second-order valence-electron chi connectivity index (χ2n) is 4.47. The molecule has 17 heavy (non-hydrogen) atoms. The summed E-state index contributed by atoms with van der Waals surface area (Å²) in [6.07, 6.45) is 1.08. The van der Waals surface area contributed by atoms with Gasteiger partial charge in [-0.25, -0.2) is 4.98 Å². The van der Waals surface area contributed by atoms with Crippen LogP contribution in [0.5, 0.6) is 0 Å². The fraction of sp³-hybridized carbons (Fsp3) is 0.308. The first kappa shape index (κ1) is 10.6. The molecule has 3 rings (SSSR count). The molecule has 0 fully saturated rings. The first-order valence-electron chi connectivity index (χ1n) is 5.77. The lowest BCUT2D eigenvalue weighted by molar-refractivity contribution is 0.728. The van der Waals surface area contributed by atoms with Gasteiger partial charge in [-0.15, -0.1) is 11.3 Å². The molecule has 88 valence electrons. The van der Waals surface area contributed by atoms with Crippen LogP contribution in [0.25, 0.3) is 0 Å². The summed E-state index contributed by atoms with van der Waals surface area (Å²) in [7, 11) is 0. The Morgan fingerprint density at radius 2 is 2.24 bits per heavy atom. The monoisotopic (exact) mass is 245 g/mol. The van der Waals surface area contributed by atoms with Crippen molar-refractivity contribution in [2.45, 2.75) is 19.9 Å². The number of thiazole rings is 1. The van der Waals surface area contributed by atoms with Crippen LogP contribution in [0.3, 0.4) is 0 Å². The standard InChI is InChI=1S/C13H15N3S/c1-9-8-17-13(15-9)16-5-4-10-2-3-12(14)6-11(10)7-16/h2-3,6,8H,4-5,7,14H2,1H3. The highest BCUT2D eigenvalue weighted by molar-refractivity contribution is 7.13. The maximum Gasteiger partial charge on any atom is 0.185 e. The van der Waals surface area contributed by atoms with Gasteiger partial charge >= 0.3 is 0 Å². The highest BCUT2D eigenvalue weighted by Gasteiger charge is 2.18. The molecule has 0 saturated carbocycles. The van der Waals surface area contributed by atoms with Gasteiger partial charge in [0.1, 0.15) is 0 Å². The lowest BCUT2D eigenvalue weighted by Crippen LogP contribution is -2.30. The second-order valence-corrected chi connectivity index (χ2v) is 5.31. The van der Waals surface area contributed by atoms with Gasteiger partial charge in [-0.3, -0.25) is 0 Å². The minimum atomic E-state index is 0.848. The molecule has 3 nitrogen and oxygen atoms in total. The van der Waals surface area contributed by atoms with E-state index >= 15 is 0 Å². The average Bonchev–Trinajstić information content (AvgIpc) is 2.75. The molecule has 0 unspecified atom stereocenters. The van der Waals surface area contributed by atoms with E-state index in [1.807, 2.05) is 13.0 Å². The number of benzene rings is 1. The minimum Gasteiger partial charge on any atom is -0.399 e. The van der Waals surface area contributed by atoms with Crippen LogP contribution < -0.4 is 10.6 Å². The van der Waals surface area contributed by atoms with Crippen LogP contribution in [0.2, 0.25) is 0 Å². The second kappa shape index (κ2) is 4.04. The lowest BCUT2D eigenvalue weighted by Gasteiger charge is -2.28. The number of rotatable bonds is 1. The maximum atomic E-state index is 5.84. The van der Waals surface area contributed by atoms with Crippen molar-refractivity contribution in [2.75, 3.05) is 17.2 Å². The Morgan fingerprint density at radius 1 is 1.35 bits per heavy atom. The van der Waals surface area contributed by atoms with Crippen LogP contribution in [-0.4, -0.2) is 11.5 Å². The van der Waals surface area contributed by atoms with Crippen molar-refractivity contribution >= 4 is 22.2 Å². The third-order valence-corrected chi connectivity index (χ3v) is 4.14. The van der Waals surface area contributed by atoms with Crippen molar-refractivity contribution in [1.82, 2.24) is 4.98 Å². The van der Waals surface area contributed by atoms with Crippen molar-refractivity contribution in [1.29, 1.82) is 0 Å². The van der Waals surface area contributed by atoms with Crippen molar-refractivity contribution in [3.05, 3.63) is 40.4 Å². The Morgan fingerprint density at radius 3 is 3.00 bits per heavy atom. The average molecular weight is 245 g/mol. The smallest absolute Gasteiger partial charge is 0.185 e. The van der Waals surface area contributed by atoms with Gasteiger partial charge in [0, 0.05) is 24.2 Å². The van der Waals surface area contributed by atoms with E-state index in [1.165, 1.54) is 11.1 Å². The summed E-state index contributed by atoms with van der Waals surface area (Å²) in [4.78, 5) is 6.88. The Balaban J connectivity index is 1.89. The molecule has 1 aliphatic rings. The Labute approximate surface area is 105 Å². The van der Waals surface area contributed by atoms with Gasteiger partial charge in [0.05, 0.1) is 5.69 Å². The fourth-order valence-corrected chi connectivity index (χ4v) is 3.06. The predicted octanol–water partition coefficient (Wildman–Crippen LogP) is 2.60. The van der Waals surface area contributed by atoms with E-state index in [1.54, 1.807) is 11.3 Å². The lowest BCUT2D eigenvalue weighted by atomic mass is 9.99. The van der Waals surface area contributed by atoms with Gasteiger partial charge in [-0.2, -0.15) is 0 Å². The summed E-state index contributed by atoms with van der Waals surface area (Å²) in [6.45, 7) is 4.01. The molecule has 0 atom stereocenters. The zero-order chi connectivity index (χ0) is 11.8. The normalized spacial score (nSPS) is 14.8. The number of nitrogen functional groups attached to an aromatic ring is 1.